The second-order valence-electron chi connectivity index (χ2n) is 6.03. The van der Waals surface area contributed by atoms with Crippen molar-refractivity contribution in [1.29, 1.82) is 0 Å². The molecule has 6 nitrogen and oxygen atoms in total. The first kappa shape index (κ1) is 16.6. The van der Waals surface area contributed by atoms with Gasteiger partial charge in [0.05, 0.1) is 16.3 Å². The van der Waals surface area contributed by atoms with Gasteiger partial charge in [-0.3, -0.25) is 0 Å². The van der Waals surface area contributed by atoms with Crippen LogP contribution in [-0.4, -0.2) is 20.3 Å². The fourth-order valence-electron chi connectivity index (χ4n) is 2.98. The highest BCUT2D eigenvalue weighted by atomic mass is 35.5. The van der Waals surface area contributed by atoms with E-state index in [2.05, 4.69) is 20.3 Å². The number of hydrogen-bond donors (Lipinski definition) is 0. The molecule has 0 radical (unpaired) electrons. The molecule has 0 atom stereocenters. The van der Waals surface area contributed by atoms with Crippen molar-refractivity contribution in [1.82, 2.24) is 20.3 Å². The minimum absolute atomic E-state index is 0.410. The number of nitrogens with zero attached hydrogens (tertiary/aromatic N) is 4. The summed E-state index contributed by atoms with van der Waals surface area (Å²) in [5.74, 6) is 2.65. The summed E-state index contributed by atoms with van der Waals surface area (Å²) in [5, 5.41) is 13.4. The van der Waals surface area contributed by atoms with Gasteiger partial charge >= 0.3 is 0 Å². The fourth-order valence-corrected chi connectivity index (χ4v) is 3.81. The first-order chi connectivity index (χ1) is 12.3. The van der Waals surface area contributed by atoms with Gasteiger partial charge in [-0.15, -0.1) is 10.2 Å². The minimum atomic E-state index is 0.410. The highest BCUT2D eigenvalue weighted by Gasteiger charge is 2.21. The Balaban J connectivity index is 1.39. The van der Waals surface area contributed by atoms with Crippen LogP contribution in [0.5, 0.6) is 0 Å². The van der Waals surface area contributed by atoms with Gasteiger partial charge in [-0.05, 0) is 25.0 Å². The number of benzene rings is 1. The van der Waals surface area contributed by atoms with Crippen molar-refractivity contribution in [3.8, 4) is 11.5 Å². The van der Waals surface area contributed by atoms with E-state index in [0.29, 0.717) is 33.6 Å². The molecule has 0 aliphatic heterocycles. The van der Waals surface area contributed by atoms with Gasteiger partial charge in [0.2, 0.25) is 5.89 Å². The maximum Gasteiger partial charge on any atom is 0.277 e. The smallest absolute Gasteiger partial charge is 0.277 e. The summed E-state index contributed by atoms with van der Waals surface area (Å²) < 4.78 is 11.1. The van der Waals surface area contributed by atoms with Crippen LogP contribution < -0.4 is 0 Å². The first-order valence-corrected chi connectivity index (χ1v) is 9.69. The van der Waals surface area contributed by atoms with Crippen LogP contribution in [0.3, 0.4) is 0 Å². The summed E-state index contributed by atoms with van der Waals surface area (Å²) >= 11 is 7.56. The molecule has 0 unspecified atom stereocenters. The topological polar surface area (TPSA) is 77.8 Å². The lowest BCUT2D eigenvalue weighted by atomic mass is 9.89. The average Bonchev–Trinajstić information content (AvgIpc) is 3.31. The molecule has 1 aromatic carbocycles. The standard InChI is InChI=1S/C17H17ClN4O2S/c18-13-9-5-4-8-12(13)16-19-14(22-24-16)10-25-17-21-20-15(23-17)11-6-2-1-3-7-11/h4-5,8-9,11H,1-3,6-7,10H2. The lowest BCUT2D eigenvalue weighted by Gasteiger charge is -2.17. The van der Waals surface area contributed by atoms with Crippen LogP contribution in [0.1, 0.15) is 49.7 Å². The maximum atomic E-state index is 6.15. The number of thioether (sulfide) groups is 1. The first-order valence-electron chi connectivity index (χ1n) is 8.33. The third kappa shape index (κ3) is 3.88. The number of aromatic nitrogens is 4. The molecular formula is C17H17ClN4O2S. The predicted molar refractivity (Wildman–Crippen MR) is 94.4 cm³/mol. The van der Waals surface area contributed by atoms with E-state index in [0.717, 1.165) is 24.3 Å². The van der Waals surface area contributed by atoms with Crippen LogP contribution in [0.15, 0.2) is 38.4 Å². The number of rotatable bonds is 5. The lowest BCUT2D eigenvalue weighted by Crippen LogP contribution is -2.04. The molecule has 0 spiro atoms. The van der Waals surface area contributed by atoms with E-state index in [9.17, 15) is 0 Å². The van der Waals surface area contributed by atoms with Crippen LogP contribution in [0, 0.1) is 0 Å². The van der Waals surface area contributed by atoms with Gasteiger partial charge in [0.15, 0.2) is 5.82 Å². The molecule has 2 heterocycles. The van der Waals surface area contributed by atoms with Gasteiger partial charge in [-0.2, -0.15) is 4.98 Å². The average molecular weight is 377 g/mol. The van der Waals surface area contributed by atoms with Crippen LogP contribution in [0.25, 0.3) is 11.5 Å². The third-order valence-corrected chi connectivity index (χ3v) is 5.42. The van der Waals surface area contributed by atoms with Gasteiger partial charge in [0, 0.05) is 5.92 Å². The summed E-state index contributed by atoms with van der Waals surface area (Å²) in [6.07, 6.45) is 6.06. The zero-order chi connectivity index (χ0) is 17.1. The Bertz CT molecular complexity index is 845. The van der Waals surface area contributed by atoms with Gasteiger partial charge in [-0.1, -0.05) is 59.9 Å². The van der Waals surface area contributed by atoms with Crippen LogP contribution in [0.4, 0.5) is 0 Å². The lowest BCUT2D eigenvalue weighted by molar-refractivity contribution is 0.334. The second-order valence-corrected chi connectivity index (χ2v) is 7.36. The second kappa shape index (κ2) is 7.58. The molecule has 3 aromatic rings. The van der Waals surface area contributed by atoms with Crippen LogP contribution in [0.2, 0.25) is 5.02 Å². The molecule has 25 heavy (non-hydrogen) atoms. The Kier molecular flexibility index (Phi) is 5.03. The number of hydrogen-bond acceptors (Lipinski definition) is 7. The summed E-state index contributed by atoms with van der Waals surface area (Å²) in [6, 6.07) is 7.38. The molecule has 1 aliphatic carbocycles. The molecule has 0 amide bonds. The van der Waals surface area contributed by atoms with Gasteiger partial charge < -0.3 is 8.94 Å². The Morgan fingerprint density at radius 1 is 1.12 bits per heavy atom. The summed E-state index contributed by atoms with van der Waals surface area (Å²) in [7, 11) is 0. The van der Waals surface area contributed by atoms with Gasteiger partial charge in [0.1, 0.15) is 0 Å². The molecule has 8 heteroatoms. The number of halogens is 1. The molecule has 0 saturated heterocycles. The van der Waals surface area contributed by atoms with Crippen molar-refractivity contribution in [2.75, 3.05) is 0 Å². The van der Waals surface area contributed by atoms with E-state index in [1.165, 1.54) is 31.0 Å². The molecule has 1 fully saturated rings. The maximum absolute atomic E-state index is 6.15. The van der Waals surface area contributed by atoms with Crippen molar-refractivity contribution >= 4 is 23.4 Å². The Morgan fingerprint density at radius 3 is 2.80 bits per heavy atom. The molecule has 0 N–H and O–H groups in total. The Labute approximate surface area is 154 Å². The minimum Gasteiger partial charge on any atom is -0.416 e. The SMILES string of the molecule is Clc1ccccc1-c1nc(CSc2nnc(C3CCCCC3)o2)no1. The van der Waals surface area contributed by atoms with Crippen molar-refractivity contribution in [2.24, 2.45) is 0 Å². The van der Waals surface area contributed by atoms with Crippen molar-refractivity contribution in [2.45, 2.75) is 49.0 Å². The fraction of sp³-hybridized carbons (Fsp3) is 0.412. The van der Waals surface area contributed by atoms with E-state index in [1.807, 2.05) is 18.2 Å². The summed E-state index contributed by atoms with van der Waals surface area (Å²) in [6.45, 7) is 0. The Morgan fingerprint density at radius 2 is 1.96 bits per heavy atom. The molecular weight excluding hydrogens is 360 g/mol. The zero-order valence-electron chi connectivity index (χ0n) is 13.5. The van der Waals surface area contributed by atoms with Gasteiger partial charge in [-0.25, -0.2) is 0 Å². The molecule has 1 aliphatic rings. The highest BCUT2D eigenvalue weighted by Crippen LogP contribution is 2.33. The van der Waals surface area contributed by atoms with Crippen molar-refractivity contribution in [3.63, 3.8) is 0 Å². The van der Waals surface area contributed by atoms with E-state index in [-0.39, 0.29) is 0 Å². The van der Waals surface area contributed by atoms with E-state index in [4.69, 9.17) is 20.5 Å². The highest BCUT2D eigenvalue weighted by molar-refractivity contribution is 7.98. The predicted octanol–water partition coefficient (Wildman–Crippen LogP) is 5.11. The van der Waals surface area contributed by atoms with Crippen LogP contribution >= 0.6 is 23.4 Å². The van der Waals surface area contributed by atoms with Crippen molar-refractivity contribution in [3.05, 3.63) is 41.0 Å². The van der Waals surface area contributed by atoms with Crippen molar-refractivity contribution < 1.29 is 8.94 Å². The third-order valence-electron chi connectivity index (χ3n) is 4.27. The Hall–Kier alpha value is -1.86. The van der Waals surface area contributed by atoms with E-state index < -0.39 is 0 Å². The largest absolute Gasteiger partial charge is 0.416 e. The van der Waals surface area contributed by atoms with E-state index in [1.54, 1.807) is 6.07 Å². The summed E-state index contributed by atoms with van der Waals surface area (Å²) in [5.41, 5.74) is 0.727. The molecule has 2 aromatic heterocycles. The van der Waals surface area contributed by atoms with Gasteiger partial charge in [0.25, 0.3) is 11.1 Å². The monoisotopic (exact) mass is 376 g/mol. The summed E-state index contributed by atoms with van der Waals surface area (Å²) in [4.78, 5) is 4.38. The normalized spacial score (nSPS) is 15.6. The molecule has 1 saturated carbocycles. The molecule has 0 bridgehead atoms. The molecule has 4 rings (SSSR count). The van der Waals surface area contributed by atoms with Crippen LogP contribution in [-0.2, 0) is 5.75 Å². The zero-order valence-corrected chi connectivity index (χ0v) is 15.1. The van der Waals surface area contributed by atoms with E-state index >= 15 is 0 Å². The quantitative estimate of drug-likeness (QED) is 0.572. The molecule has 130 valence electrons.